The zero-order chi connectivity index (χ0) is 11.3. The molecule has 1 fully saturated rings. The van der Waals surface area contributed by atoms with Crippen LogP contribution < -0.4 is 4.90 Å². The van der Waals surface area contributed by atoms with Crippen molar-refractivity contribution in [3.63, 3.8) is 0 Å². The van der Waals surface area contributed by atoms with Crippen LogP contribution in [0.25, 0.3) is 0 Å². The van der Waals surface area contributed by atoms with Crippen molar-refractivity contribution in [1.29, 1.82) is 0 Å². The molecule has 0 aromatic heterocycles. The second-order valence-electron chi connectivity index (χ2n) is 4.61. The second kappa shape index (κ2) is 2.94. The number of hydrogen-bond acceptors (Lipinski definition) is 1. The minimum Gasteiger partial charge on any atom is -0.287 e. The van der Waals surface area contributed by atoms with Gasteiger partial charge in [-0.25, -0.2) is 4.39 Å². The van der Waals surface area contributed by atoms with Crippen LogP contribution in [-0.2, 0) is 4.79 Å². The maximum absolute atomic E-state index is 12.8. The molecule has 1 heterocycles. The molecule has 0 N–H and O–H groups in total. The predicted octanol–water partition coefficient (Wildman–Crippen LogP) is 2.71. The smallest absolute Gasteiger partial charge is 0.241 e. The molecule has 16 heavy (non-hydrogen) atoms. The lowest BCUT2D eigenvalue weighted by Gasteiger charge is -2.16. The van der Waals surface area contributed by atoms with Gasteiger partial charge in [0.05, 0.1) is 5.41 Å². The van der Waals surface area contributed by atoms with Crippen LogP contribution >= 0.6 is 0 Å². The van der Waals surface area contributed by atoms with Gasteiger partial charge in [-0.05, 0) is 36.6 Å². The van der Waals surface area contributed by atoms with Crippen molar-refractivity contribution in [2.24, 2.45) is 11.3 Å². The van der Waals surface area contributed by atoms with Gasteiger partial charge < -0.3 is 0 Å². The number of anilines is 1. The van der Waals surface area contributed by atoms with Gasteiger partial charge in [0.1, 0.15) is 5.82 Å². The van der Waals surface area contributed by atoms with Crippen molar-refractivity contribution in [2.75, 3.05) is 4.90 Å². The van der Waals surface area contributed by atoms with Gasteiger partial charge in [-0.2, -0.15) is 0 Å². The molecule has 2 nitrogen and oxygen atoms in total. The number of hydrogen-bond donors (Lipinski definition) is 0. The van der Waals surface area contributed by atoms with E-state index in [1.54, 1.807) is 23.2 Å². The first-order chi connectivity index (χ1) is 7.63. The van der Waals surface area contributed by atoms with E-state index in [4.69, 9.17) is 0 Å². The van der Waals surface area contributed by atoms with E-state index in [9.17, 15) is 9.18 Å². The Morgan fingerprint density at radius 2 is 2.00 bits per heavy atom. The van der Waals surface area contributed by atoms with Crippen LogP contribution in [-0.4, -0.2) is 5.91 Å². The highest BCUT2D eigenvalue weighted by atomic mass is 19.1. The third kappa shape index (κ3) is 1.14. The summed E-state index contributed by atoms with van der Waals surface area (Å²) in [5, 5.41) is 0. The number of nitrogens with zero attached hydrogens (tertiary/aromatic N) is 1. The summed E-state index contributed by atoms with van der Waals surface area (Å²) in [6.07, 6.45) is 4.71. The van der Waals surface area contributed by atoms with E-state index in [0.29, 0.717) is 5.92 Å². The van der Waals surface area contributed by atoms with Gasteiger partial charge in [0.2, 0.25) is 5.91 Å². The Morgan fingerprint density at radius 1 is 1.38 bits per heavy atom. The van der Waals surface area contributed by atoms with Crippen LogP contribution in [0, 0.1) is 17.2 Å². The van der Waals surface area contributed by atoms with E-state index in [0.717, 1.165) is 12.1 Å². The Morgan fingerprint density at radius 3 is 2.50 bits per heavy atom. The fourth-order valence-electron chi connectivity index (χ4n) is 2.35. The normalized spacial score (nSPS) is 31.5. The van der Waals surface area contributed by atoms with Crippen LogP contribution in [0.15, 0.2) is 36.5 Å². The summed E-state index contributed by atoms with van der Waals surface area (Å²) in [7, 11) is 0. The fraction of sp³-hybridized carbons (Fsp3) is 0.308. The van der Waals surface area contributed by atoms with E-state index in [-0.39, 0.29) is 17.1 Å². The van der Waals surface area contributed by atoms with Crippen molar-refractivity contribution in [3.8, 4) is 0 Å². The molecule has 3 heteroatoms. The molecule has 1 aromatic carbocycles. The number of carbonyl (C=O) groups is 1. The van der Waals surface area contributed by atoms with Gasteiger partial charge in [-0.15, -0.1) is 0 Å². The van der Waals surface area contributed by atoms with E-state index in [2.05, 4.69) is 6.92 Å². The van der Waals surface area contributed by atoms with Gasteiger partial charge in [-0.3, -0.25) is 9.69 Å². The maximum atomic E-state index is 12.8. The van der Waals surface area contributed by atoms with Crippen molar-refractivity contribution in [3.05, 3.63) is 42.4 Å². The Balaban J connectivity index is 1.91. The highest BCUT2D eigenvalue weighted by Gasteiger charge is 2.59. The summed E-state index contributed by atoms with van der Waals surface area (Å²) >= 11 is 0. The first kappa shape index (κ1) is 9.58. The average molecular weight is 217 g/mol. The van der Waals surface area contributed by atoms with E-state index < -0.39 is 0 Å². The molecule has 0 unspecified atom stereocenters. The lowest BCUT2D eigenvalue weighted by atomic mass is 10.1. The number of rotatable bonds is 1. The number of carbonyl (C=O) groups excluding carboxylic acids is 1. The first-order valence-corrected chi connectivity index (χ1v) is 5.42. The molecule has 0 bridgehead atoms. The molecule has 2 atom stereocenters. The zero-order valence-corrected chi connectivity index (χ0v) is 8.98. The molecular formula is C13H12FNO. The standard InChI is InChI=1S/C13H12FNO/c1-9-8-13(9)6-7-15(12(13)16)11-4-2-10(14)3-5-11/h2-7,9H,8H2,1H3/t9-,13+/m1/s1. The highest BCUT2D eigenvalue weighted by Crippen LogP contribution is 2.57. The summed E-state index contributed by atoms with van der Waals surface area (Å²) in [5.74, 6) is 0.266. The highest BCUT2D eigenvalue weighted by molar-refractivity contribution is 6.05. The molecule has 0 radical (unpaired) electrons. The molecule has 0 saturated heterocycles. The molecule has 1 aliphatic heterocycles. The second-order valence-corrected chi connectivity index (χ2v) is 4.61. The Hall–Kier alpha value is -1.64. The predicted molar refractivity (Wildman–Crippen MR) is 59.2 cm³/mol. The van der Waals surface area contributed by atoms with Gasteiger partial charge in [0, 0.05) is 11.9 Å². The van der Waals surface area contributed by atoms with Gasteiger partial charge in [0.15, 0.2) is 0 Å². The van der Waals surface area contributed by atoms with Gasteiger partial charge in [0.25, 0.3) is 0 Å². The molecule has 1 saturated carbocycles. The van der Waals surface area contributed by atoms with Crippen molar-refractivity contribution < 1.29 is 9.18 Å². The molecule has 2 aliphatic rings. The number of halogens is 1. The molecule has 1 spiro atoms. The van der Waals surface area contributed by atoms with Crippen LogP contribution in [0.5, 0.6) is 0 Å². The van der Waals surface area contributed by atoms with Crippen molar-refractivity contribution in [2.45, 2.75) is 13.3 Å². The van der Waals surface area contributed by atoms with E-state index in [1.165, 1.54) is 12.1 Å². The fourth-order valence-corrected chi connectivity index (χ4v) is 2.35. The first-order valence-electron chi connectivity index (χ1n) is 5.42. The quantitative estimate of drug-likeness (QED) is 0.708. The van der Waals surface area contributed by atoms with Crippen LogP contribution in [0.4, 0.5) is 10.1 Å². The number of amides is 1. The monoisotopic (exact) mass is 217 g/mol. The molecular weight excluding hydrogens is 205 g/mol. The zero-order valence-electron chi connectivity index (χ0n) is 8.98. The van der Waals surface area contributed by atoms with E-state index in [1.807, 2.05) is 6.08 Å². The summed E-state index contributed by atoms with van der Waals surface area (Å²) in [4.78, 5) is 13.8. The molecule has 1 aliphatic carbocycles. The molecule has 3 rings (SSSR count). The lowest BCUT2D eigenvalue weighted by molar-refractivity contribution is -0.121. The van der Waals surface area contributed by atoms with Crippen molar-refractivity contribution in [1.82, 2.24) is 0 Å². The van der Waals surface area contributed by atoms with E-state index >= 15 is 0 Å². The Kier molecular flexibility index (Phi) is 1.76. The van der Waals surface area contributed by atoms with Crippen LogP contribution in [0.1, 0.15) is 13.3 Å². The summed E-state index contributed by atoms with van der Waals surface area (Å²) in [6, 6.07) is 6.00. The third-order valence-corrected chi connectivity index (χ3v) is 3.61. The molecule has 1 amide bonds. The molecule has 82 valence electrons. The lowest BCUT2D eigenvalue weighted by Crippen LogP contribution is -2.27. The summed E-state index contributed by atoms with van der Waals surface area (Å²) in [6.45, 7) is 2.08. The van der Waals surface area contributed by atoms with Crippen LogP contribution in [0.3, 0.4) is 0 Å². The van der Waals surface area contributed by atoms with Crippen LogP contribution in [0.2, 0.25) is 0 Å². The minimum atomic E-state index is -0.283. The summed E-state index contributed by atoms with van der Waals surface area (Å²) < 4.78 is 12.8. The Bertz CT molecular complexity index is 479. The average Bonchev–Trinajstić information content (AvgIpc) is 2.81. The third-order valence-electron chi connectivity index (χ3n) is 3.61. The topological polar surface area (TPSA) is 20.3 Å². The molecule has 1 aromatic rings. The van der Waals surface area contributed by atoms with Gasteiger partial charge in [-0.1, -0.05) is 13.0 Å². The number of benzene rings is 1. The maximum Gasteiger partial charge on any atom is 0.241 e. The van der Waals surface area contributed by atoms with Gasteiger partial charge >= 0.3 is 0 Å². The SMILES string of the molecule is C[C@@H]1C[C@@]12C=CN(c1ccc(F)cc1)C2=O. The Labute approximate surface area is 93.4 Å². The van der Waals surface area contributed by atoms with Crippen molar-refractivity contribution >= 4 is 11.6 Å². The minimum absolute atomic E-state index is 0.117. The summed E-state index contributed by atoms with van der Waals surface area (Å²) in [5.41, 5.74) is 0.479. The largest absolute Gasteiger partial charge is 0.287 e.